The number of nitrogens with one attached hydrogen (secondary N) is 3. The highest BCUT2D eigenvalue weighted by Gasteiger charge is 2.59. The number of likely N-dealkylation sites (N-methyl/N-ethyl adjacent to an activating group) is 2. The predicted molar refractivity (Wildman–Crippen MR) is 332 cm³/mol. The summed E-state index contributed by atoms with van der Waals surface area (Å²) >= 11 is 0. The third kappa shape index (κ3) is 10.7. The van der Waals surface area contributed by atoms with E-state index in [2.05, 4.69) is 47.7 Å². The number of benzene rings is 4. The molecule has 490 valence electrons. The molecule has 4 bridgehead atoms. The molecule has 12 atom stereocenters. The molecule has 2 saturated heterocycles. The summed E-state index contributed by atoms with van der Waals surface area (Å²) < 4.78 is 46.8. The smallest absolute Gasteiger partial charge is 0.308 e. The van der Waals surface area contributed by atoms with Crippen LogP contribution in [0.1, 0.15) is 139 Å². The number of rotatable bonds is 13. The van der Waals surface area contributed by atoms with E-state index in [1.54, 1.807) is 13.8 Å². The normalized spacial score (nSPS) is 25.0. The zero-order valence-electron chi connectivity index (χ0n) is 54.5. The number of nitrogens with two attached hydrogens (primary N) is 1. The summed E-state index contributed by atoms with van der Waals surface area (Å²) in [5, 5.41) is 53.7. The van der Waals surface area contributed by atoms with E-state index < -0.39 is 54.2 Å². The zero-order valence-corrected chi connectivity index (χ0v) is 54.5. The van der Waals surface area contributed by atoms with Gasteiger partial charge in [-0.25, -0.2) is 0 Å². The SMILES string of the molecule is COc1c(C)cc2c(c1O)[C@@H]1C3Cc4c(OC(C)=O)c(C)c5c(c4[C@H](CNC(=O)[C@@H](C)N)N3[C@@H](C#N)[C@H](C2)N1C)OCO5.COc1c(C)cc2c(c1O)[C@@H]1C3Cc4c(OC(C)=O)c(C)c5c(c4[C@H](CNC(=O)[C@@H](C)NC(=O)CC(C)C)N3[C@@H](C#N)[C@H](C2)N1C)OCO5. The molecule has 0 spiro atoms. The molecule has 0 saturated carbocycles. The molecule has 0 radical (unpaired) electrons. The molecule has 2 unspecified atom stereocenters. The molecule has 4 aromatic carbocycles. The van der Waals surface area contributed by atoms with Gasteiger partial charge in [-0.3, -0.25) is 43.6 Å². The van der Waals surface area contributed by atoms with Crippen molar-refractivity contribution in [2.75, 3.05) is 55.0 Å². The summed E-state index contributed by atoms with van der Waals surface area (Å²) in [5.74, 6) is 1.84. The Morgan fingerprint density at radius 1 is 0.620 bits per heavy atom. The van der Waals surface area contributed by atoms with Crippen molar-refractivity contribution in [1.29, 1.82) is 10.5 Å². The van der Waals surface area contributed by atoms with E-state index in [-0.39, 0.29) is 92.0 Å². The molecule has 25 nitrogen and oxygen atoms in total. The summed E-state index contributed by atoms with van der Waals surface area (Å²) in [4.78, 5) is 72.2. The van der Waals surface area contributed by atoms with Crippen LogP contribution in [0, 0.1) is 56.3 Å². The molecule has 8 aliphatic rings. The van der Waals surface area contributed by atoms with Gasteiger partial charge in [0.1, 0.15) is 29.6 Å². The van der Waals surface area contributed by atoms with Crippen molar-refractivity contribution >= 4 is 29.7 Å². The minimum Gasteiger partial charge on any atom is -0.504 e. The summed E-state index contributed by atoms with van der Waals surface area (Å²) in [6, 6.07) is 3.35. The fourth-order valence-electron chi connectivity index (χ4n) is 16.1. The van der Waals surface area contributed by atoms with Gasteiger partial charge in [-0.2, -0.15) is 10.5 Å². The summed E-state index contributed by atoms with van der Waals surface area (Å²) in [6.45, 7) is 17.4. The second-order valence-electron chi connectivity index (χ2n) is 25.9. The van der Waals surface area contributed by atoms with Gasteiger partial charge in [-0.05, 0) is 109 Å². The Hall–Kier alpha value is -8.59. The average molecular weight is 1270 g/mol. The highest BCUT2D eigenvalue weighted by Crippen LogP contribution is 2.61. The van der Waals surface area contributed by atoms with Crippen molar-refractivity contribution in [1.82, 2.24) is 35.6 Å². The van der Waals surface area contributed by atoms with E-state index in [4.69, 9.17) is 43.6 Å². The lowest BCUT2D eigenvalue weighted by Crippen LogP contribution is -2.69. The average Bonchev–Trinajstić information content (AvgIpc) is 0.803. The molecular weight excluding hydrogens is 1180 g/mol. The van der Waals surface area contributed by atoms with E-state index in [0.29, 0.717) is 106 Å². The lowest BCUT2D eigenvalue weighted by atomic mass is 9.71. The molecule has 3 amide bonds. The number of nitriles is 2. The maximum Gasteiger partial charge on any atom is 0.308 e. The van der Waals surface area contributed by atoms with E-state index in [1.807, 2.05) is 67.8 Å². The van der Waals surface area contributed by atoms with Crippen LogP contribution in [0.5, 0.6) is 57.5 Å². The van der Waals surface area contributed by atoms with Crippen molar-refractivity contribution < 1.29 is 72.1 Å². The van der Waals surface area contributed by atoms with Crippen molar-refractivity contribution in [3.63, 3.8) is 0 Å². The van der Waals surface area contributed by atoms with Gasteiger partial charge in [0.05, 0.1) is 56.6 Å². The highest BCUT2D eigenvalue weighted by atomic mass is 16.7. The number of nitrogens with zero attached hydrogens (tertiary/aromatic N) is 6. The van der Waals surface area contributed by atoms with Crippen LogP contribution in [0.25, 0.3) is 0 Å². The number of hydrogen-bond acceptors (Lipinski definition) is 22. The van der Waals surface area contributed by atoms with Crippen LogP contribution in [0.2, 0.25) is 0 Å². The number of hydrogen-bond donors (Lipinski definition) is 6. The molecule has 8 heterocycles. The van der Waals surface area contributed by atoms with Gasteiger partial charge in [-0.15, -0.1) is 0 Å². The van der Waals surface area contributed by atoms with Gasteiger partial charge in [-0.1, -0.05) is 26.0 Å². The molecule has 7 N–H and O–H groups in total. The van der Waals surface area contributed by atoms with Crippen LogP contribution < -0.4 is 59.6 Å². The maximum atomic E-state index is 13.5. The quantitative estimate of drug-likeness (QED) is 0.0756. The van der Waals surface area contributed by atoms with Crippen LogP contribution in [-0.2, 0) is 49.7 Å². The van der Waals surface area contributed by atoms with Gasteiger partial charge in [0, 0.05) is 102 Å². The third-order valence-electron chi connectivity index (χ3n) is 19.7. The second kappa shape index (κ2) is 25.1. The maximum absolute atomic E-state index is 13.5. The molecule has 4 aromatic rings. The molecule has 2 fully saturated rings. The van der Waals surface area contributed by atoms with E-state index in [0.717, 1.165) is 38.9 Å². The molecule has 0 aromatic heterocycles. The molecule has 92 heavy (non-hydrogen) atoms. The van der Waals surface area contributed by atoms with Gasteiger partial charge >= 0.3 is 11.9 Å². The summed E-state index contributed by atoms with van der Waals surface area (Å²) in [6.07, 6.45) is 2.07. The van der Waals surface area contributed by atoms with Crippen LogP contribution in [-0.4, -0.2) is 163 Å². The number of phenols is 2. The first-order valence-electron chi connectivity index (χ1n) is 31.2. The lowest BCUT2D eigenvalue weighted by Gasteiger charge is -2.60. The minimum absolute atomic E-state index is 0.00939. The Morgan fingerprint density at radius 2 is 1.02 bits per heavy atom. The first-order valence-corrected chi connectivity index (χ1v) is 31.2. The van der Waals surface area contributed by atoms with E-state index in [9.17, 15) is 44.7 Å². The standard InChI is InChI=1S/C36H45N5O8.C31H37N5O7/c1-16(2)9-27(43)39-19(5)36(45)38-14-26-29-22(33(49-20(6)42)18(4)34-35(29)48-15-47-34)12-24-30-28-21(10-17(3)32(46-8)31(28)44)11-23(40(30)7)25(13-37)41(24)26;1-13-7-17-8-19-21(10-32)36-20(25(35(19)5)23(17)26(38)27(13)40-6)9-18-24(22(36)11-34-31(39)15(3)33)30-29(41-12-42-30)14(2)28(18)43-16(4)37/h10,16,19,23-26,30,44H,9,11-12,14-15H2,1-8H3,(H,38,45)(H,39,43);7,15,19-22,25,38H,8-9,11-12,33H2,1-6H3,(H,34,39)/t19-,23+,24?,25+,26+,30+;15-,19+,20?,21+,22+,25+/m11/s1. The van der Waals surface area contributed by atoms with Gasteiger partial charge in [0.2, 0.25) is 31.3 Å². The Bertz CT molecular complexity index is 3800. The monoisotopic (exact) mass is 1270 g/mol. The van der Waals surface area contributed by atoms with Crippen molar-refractivity contribution in [3.8, 4) is 69.6 Å². The van der Waals surface area contributed by atoms with Crippen molar-refractivity contribution in [3.05, 3.63) is 78.9 Å². The number of amides is 3. The number of esters is 2. The van der Waals surface area contributed by atoms with Crippen molar-refractivity contribution in [2.45, 2.75) is 174 Å². The Labute approximate surface area is 534 Å². The number of carbonyl (C=O) groups excluding carboxylic acids is 5. The van der Waals surface area contributed by atoms with Crippen LogP contribution in [0.3, 0.4) is 0 Å². The Morgan fingerprint density at radius 3 is 1.39 bits per heavy atom. The van der Waals surface area contributed by atoms with Crippen molar-refractivity contribution in [2.24, 2.45) is 11.7 Å². The number of phenolic OH excluding ortho intramolecular Hbond substituents is 2. The fraction of sp³-hybridized carbons (Fsp3) is 0.537. The lowest BCUT2D eigenvalue weighted by molar-refractivity contribution is -0.133. The second-order valence-corrected chi connectivity index (χ2v) is 25.9. The van der Waals surface area contributed by atoms with Crippen LogP contribution in [0.15, 0.2) is 12.1 Å². The first-order chi connectivity index (χ1) is 43.8. The number of piperazine rings is 2. The molecule has 25 heteroatoms. The van der Waals surface area contributed by atoms with E-state index >= 15 is 0 Å². The molecular formula is C67H82N10O15. The van der Waals surface area contributed by atoms with Crippen LogP contribution >= 0.6 is 0 Å². The first kappa shape index (κ1) is 64.9. The van der Waals surface area contributed by atoms with Gasteiger partial charge < -0.3 is 69.8 Å². The minimum atomic E-state index is -0.803. The Balaban J connectivity index is 0.000000190. The predicted octanol–water partition coefficient (Wildman–Crippen LogP) is 5.02. The van der Waals surface area contributed by atoms with E-state index in [1.165, 1.54) is 28.1 Å². The number of aryl methyl sites for hydroxylation is 2. The number of aromatic hydroxyl groups is 2. The number of methoxy groups -OCH3 is 2. The highest BCUT2D eigenvalue weighted by molar-refractivity contribution is 5.87. The molecule has 8 aliphatic heterocycles. The Kier molecular flexibility index (Phi) is 17.7. The molecule has 12 rings (SSSR count). The van der Waals surface area contributed by atoms with Crippen LogP contribution in [0.4, 0.5) is 0 Å². The summed E-state index contributed by atoms with van der Waals surface area (Å²) in [7, 11) is 7.01. The largest absolute Gasteiger partial charge is 0.504 e. The summed E-state index contributed by atoms with van der Waals surface area (Å²) in [5.41, 5.74) is 15.0. The molecule has 0 aliphatic carbocycles. The number of ether oxygens (including phenoxy) is 8. The fourth-order valence-corrected chi connectivity index (χ4v) is 16.1. The zero-order chi connectivity index (χ0) is 66.4. The van der Waals surface area contributed by atoms with Gasteiger partial charge in [0.25, 0.3) is 0 Å². The number of fused-ring (bicyclic) bond motifs is 18. The third-order valence-corrected chi connectivity index (χ3v) is 19.7. The number of carbonyl (C=O) groups is 5. The van der Waals surface area contributed by atoms with Gasteiger partial charge in [0.15, 0.2) is 46.0 Å². The topological polar surface area (TPSA) is 322 Å².